The van der Waals surface area contributed by atoms with Gasteiger partial charge in [0.05, 0.1) is 0 Å². The van der Waals surface area contributed by atoms with E-state index in [9.17, 15) is 0 Å². The van der Waals surface area contributed by atoms with Crippen molar-refractivity contribution < 1.29 is 0 Å². The molecule has 0 N–H and O–H groups in total. The number of nitrogens with zero attached hydrogens (tertiary/aromatic N) is 2. The third kappa shape index (κ3) is 1.95. The summed E-state index contributed by atoms with van der Waals surface area (Å²) in [5.41, 5.74) is 12.4. The maximum absolute atomic E-state index is 2.57. The molecule has 4 aromatic carbocycles. The van der Waals surface area contributed by atoms with Gasteiger partial charge in [0.25, 0.3) is 6.71 Å². The van der Waals surface area contributed by atoms with Crippen LogP contribution in [0.3, 0.4) is 0 Å². The molecule has 0 aromatic heterocycles. The summed E-state index contributed by atoms with van der Waals surface area (Å²) >= 11 is 0. The van der Waals surface area contributed by atoms with Crippen LogP contribution in [-0.2, 0) is 0 Å². The summed E-state index contributed by atoms with van der Waals surface area (Å²) < 4.78 is 0. The molecule has 7 rings (SSSR count). The summed E-state index contributed by atoms with van der Waals surface area (Å²) in [5, 5.41) is 0. The van der Waals surface area contributed by atoms with Crippen LogP contribution in [0.1, 0.15) is 18.4 Å². The van der Waals surface area contributed by atoms with Crippen LogP contribution in [0.25, 0.3) is 0 Å². The molecule has 3 aliphatic rings. The van der Waals surface area contributed by atoms with Gasteiger partial charge in [-0.3, -0.25) is 0 Å². The Morgan fingerprint density at radius 1 is 0.700 bits per heavy atom. The quantitative estimate of drug-likeness (QED) is 0.391. The van der Waals surface area contributed by atoms with E-state index in [0.717, 1.165) is 6.54 Å². The maximum Gasteiger partial charge on any atom is 0.252 e. The van der Waals surface area contributed by atoms with Gasteiger partial charge in [-0.2, -0.15) is 0 Å². The van der Waals surface area contributed by atoms with Gasteiger partial charge in [0, 0.05) is 40.9 Å². The van der Waals surface area contributed by atoms with Gasteiger partial charge in [0.15, 0.2) is 0 Å². The van der Waals surface area contributed by atoms with E-state index in [4.69, 9.17) is 0 Å². The Labute approximate surface area is 177 Å². The summed E-state index contributed by atoms with van der Waals surface area (Å²) in [6.07, 6.45) is 0. The molecule has 2 nitrogen and oxygen atoms in total. The second-order valence-corrected chi connectivity index (χ2v) is 8.67. The molecule has 0 spiro atoms. The molecule has 3 aliphatic heterocycles. The zero-order valence-corrected chi connectivity index (χ0v) is 16.9. The molecule has 3 heterocycles. The van der Waals surface area contributed by atoms with Gasteiger partial charge in [0.1, 0.15) is 0 Å². The molecular weight excluding hydrogens is 363 g/mol. The first-order valence-electron chi connectivity index (χ1n) is 10.8. The molecule has 0 amide bonds. The second kappa shape index (κ2) is 5.79. The Morgan fingerprint density at radius 3 is 2.30 bits per heavy atom. The molecule has 0 radical (unpaired) electrons. The van der Waals surface area contributed by atoms with Crippen LogP contribution in [0, 0.1) is 0 Å². The predicted molar refractivity (Wildman–Crippen MR) is 128 cm³/mol. The monoisotopic (exact) mass is 384 g/mol. The standard InChI is InChI=1S/C27H21BN2/c1-18-17-29-24-15-8-16-25-26(24)28(22-13-7-11-20(18)27(22)29)21-12-5-6-14-23(21)30(25)19-9-3-2-4-10-19/h2-16,18H,17H2,1H3. The number of hydrogen-bond donors (Lipinski definition) is 0. The summed E-state index contributed by atoms with van der Waals surface area (Å²) in [6, 6.07) is 33.5. The van der Waals surface area contributed by atoms with Gasteiger partial charge in [-0.1, -0.05) is 67.6 Å². The highest BCUT2D eigenvalue weighted by Gasteiger charge is 2.45. The molecular formula is C27H21BN2. The Bertz CT molecular complexity index is 1310. The van der Waals surface area contributed by atoms with Crippen molar-refractivity contribution in [2.24, 2.45) is 0 Å². The van der Waals surface area contributed by atoms with Crippen LogP contribution in [0.15, 0.2) is 91.0 Å². The Hall–Kier alpha value is -3.46. The Morgan fingerprint density at radius 2 is 1.40 bits per heavy atom. The Kier molecular flexibility index (Phi) is 3.16. The van der Waals surface area contributed by atoms with E-state index in [0.29, 0.717) is 5.92 Å². The number of benzene rings is 4. The zero-order chi connectivity index (χ0) is 19.8. The van der Waals surface area contributed by atoms with Crippen LogP contribution in [-0.4, -0.2) is 13.3 Å². The molecule has 0 bridgehead atoms. The number of para-hydroxylation sites is 3. The van der Waals surface area contributed by atoms with E-state index in [-0.39, 0.29) is 6.71 Å². The van der Waals surface area contributed by atoms with E-state index in [1.54, 1.807) is 0 Å². The first-order chi connectivity index (χ1) is 14.8. The average Bonchev–Trinajstić information content (AvgIpc) is 3.14. The normalized spacial score (nSPS) is 17.5. The molecule has 142 valence electrons. The number of fused-ring (bicyclic) bond motifs is 4. The minimum absolute atomic E-state index is 0.281. The van der Waals surface area contributed by atoms with Gasteiger partial charge >= 0.3 is 0 Å². The first kappa shape index (κ1) is 16.4. The summed E-state index contributed by atoms with van der Waals surface area (Å²) in [4.78, 5) is 5.01. The maximum atomic E-state index is 2.57. The third-order valence-corrected chi connectivity index (χ3v) is 7.05. The lowest BCUT2D eigenvalue weighted by Crippen LogP contribution is -2.61. The first-order valence-corrected chi connectivity index (χ1v) is 10.8. The van der Waals surface area contributed by atoms with Crippen LogP contribution >= 0.6 is 0 Å². The highest BCUT2D eigenvalue weighted by molar-refractivity contribution is 7.00. The van der Waals surface area contributed by atoms with Crippen molar-refractivity contribution in [3.63, 3.8) is 0 Å². The van der Waals surface area contributed by atoms with Crippen molar-refractivity contribution in [2.75, 3.05) is 16.3 Å². The lowest BCUT2D eigenvalue weighted by molar-refractivity contribution is 0.814. The van der Waals surface area contributed by atoms with E-state index < -0.39 is 0 Å². The van der Waals surface area contributed by atoms with Gasteiger partial charge in [-0.05, 0) is 52.3 Å². The van der Waals surface area contributed by atoms with E-state index in [1.165, 1.54) is 50.4 Å². The molecule has 0 saturated heterocycles. The molecule has 1 unspecified atom stereocenters. The van der Waals surface area contributed by atoms with Gasteiger partial charge in [-0.15, -0.1) is 0 Å². The minimum atomic E-state index is 0.281. The van der Waals surface area contributed by atoms with E-state index >= 15 is 0 Å². The molecule has 1 atom stereocenters. The fraction of sp³-hybridized carbons (Fsp3) is 0.111. The Balaban J connectivity index is 1.59. The van der Waals surface area contributed by atoms with Crippen LogP contribution in [0.2, 0.25) is 0 Å². The van der Waals surface area contributed by atoms with Gasteiger partial charge < -0.3 is 9.80 Å². The summed E-state index contributed by atoms with van der Waals surface area (Å²) in [6.45, 7) is 3.70. The highest BCUT2D eigenvalue weighted by Crippen LogP contribution is 2.45. The summed E-state index contributed by atoms with van der Waals surface area (Å²) in [5.74, 6) is 0.552. The van der Waals surface area contributed by atoms with Gasteiger partial charge in [-0.25, -0.2) is 0 Å². The van der Waals surface area contributed by atoms with Crippen molar-refractivity contribution in [2.45, 2.75) is 12.8 Å². The fourth-order valence-electron chi connectivity index (χ4n) is 5.87. The third-order valence-electron chi connectivity index (χ3n) is 7.05. The second-order valence-electron chi connectivity index (χ2n) is 8.67. The fourth-order valence-corrected chi connectivity index (χ4v) is 5.87. The largest absolute Gasteiger partial charge is 0.341 e. The van der Waals surface area contributed by atoms with Crippen molar-refractivity contribution in [3.05, 3.63) is 96.6 Å². The number of rotatable bonds is 1. The minimum Gasteiger partial charge on any atom is -0.341 e. The van der Waals surface area contributed by atoms with Gasteiger partial charge in [0.2, 0.25) is 0 Å². The van der Waals surface area contributed by atoms with Crippen LogP contribution in [0.4, 0.5) is 28.4 Å². The number of hydrogen-bond acceptors (Lipinski definition) is 2. The molecule has 4 aromatic rings. The van der Waals surface area contributed by atoms with Crippen molar-refractivity contribution in [3.8, 4) is 0 Å². The topological polar surface area (TPSA) is 6.48 Å². The van der Waals surface area contributed by atoms with E-state index in [2.05, 4.69) is 108 Å². The zero-order valence-electron chi connectivity index (χ0n) is 16.9. The SMILES string of the molecule is CC1CN2c3cccc4c3B(c3ccccc3N4c3ccccc3)c3cccc1c32. The van der Waals surface area contributed by atoms with Crippen molar-refractivity contribution >= 4 is 51.5 Å². The average molecular weight is 384 g/mol. The summed E-state index contributed by atoms with van der Waals surface area (Å²) in [7, 11) is 0. The lowest BCUT2D eigenvalue weighted by atomic mass is 9.33. The van der Waals surface area contributed by atoms with Crippen molar-refractivity contribution in [1.82, 2.24) is 0 Å². The van der Waals surface area contributed by atoms with Crippen LogP contribution in [0.5, 0.6) is 0 Å². The molecule has 3 heteroatoms. The smallest absolute Gasteiger partial charge is 0.252 e. The molecule has 0 saturated carbocycles. The highest BCUT2D eigenvalue weighted by atomic mass is 15.2. The lowest BCUT2D eigenvalue weighted by Gasteiger charge is -2.42. The molecule has 30 heavy (non-hydrogen) atoms. The van der Waals surface area contributed by atoms with Crippen LogP contribution < -0.4 is 26.2 Å². The molecule has 0 aliphatic carbocycles. The molecule has 0 fully saturated rings. The van der Waals surface area contributed by atoms with Crippen molar-refractivity contribution in [1.29, 1.82) is 0 Å². The number of anilines is 5. The predicted octanol–water partition coefficient (Wildman–Crippen LogP) is 4.55. The van der Waals surface area contributed by atoms with E-state index in [1.807, 2.05) is 0 Å².